The minimum absolute atomic E-state index is 0.0862. The van der Waals surface area contributed by atoms with Gasteiger partial charge < -0.3 is 9.97 Å². The minimum atomic E-state index is -0.0862. The number of hydrogen-bond acceptors (Lipinski definition) is 1. The van der Waals surface area contributed by atoms with Crippen LogP contribution in [0.2, 0.25) is 0 Å². The summed E-state index contributed by atoms with van der Waals surface area (Å²) in [4.78, 5) is 15.8. The summed E-state index contributed by atoms with van der Waals surface area (Å²) >= 11 is 0. The molecule has 0 atom stereocenters. The molecule has 0 bridgehead atoms. The van der Waals surface area contributed by atoms with Gasteiger partial charge in [-0.1, -0.05) is 0 Å². The van der Waals surface area contributed by atoms with Crippen molar-refractivity contribution in [3.05, 3.63) is 22.4 Å². The standard InChI is InChI=1S/C6H8N2O/c9-6-7-3-5(8-6)4-1-2-4/h3-4H,1-2H2,(H2,7,8,9). The molecular formula is C6H8N2O. The zero-order valence-electron chi connectivity index (χ0n) is 4.98. The summed E-state index contributed by atoms with van der Waals surface area (Å²) in [6, 6.07) is 0. The lowest BCUT2D eigenvalue weighted by Crippen LogP contribution is -2.00. The van der Waals surface area contributed by atoms with Crippen LogP contribution in [0.15, 0.2) is 11.0 Å². The Hall–Kier alpha value is -0.990. The van der Waals surface area contributed by atoms with Crippen molar-refractivity contribution in [3.63, 3.8) is 0 Å². The third-order valence-electron chi connectivity index (χ3n) is 1.63. The van der Waals surface area contributed by atoms with Crippen LogP contribution in [-0.2, 0) is 0 Å². The Morgan fingerprint density at radius 3 is 2.78 bits per heavy atom. The molecule has 2 N–H and O–H groups in total. The molecule has 1 aromatic rings. The quantitative estimate of drug-likeness (QED) is 0.565. The first-order chi connectivity index (χ1) is 4.36. The Labute approximate surface area is 52.1 Å². The number of hydrogen-bond donors (Lipinski definition) is 2. The summed E-state index contributed by atoms with van der Waals surface area (Å²) in [5, 5.41) is 0. The van der Waals surface area contributed by atoms with Crippen LogP contribution in [-0.4, -0.2) is 9.97 Å². The topological polar surface area (TPSA) is 48.6 Å². The molecule has 9 heavy (non-hydrogen) atoms. The van der Waals surface area contributed by atoms with Gasteiger partial charge in [-0.05, 0) is 12.8 Å². The summed E-state index contributed by atoms with van der Waals surface area (Å²) < 4.78 is 0. The average molecular weight is 124 g/mol. The third-order valence-corrected chi connectivity index (χ3v) is 1.63. The van der Waals surface area contributed by atoms with E-state index in [1.54, 1.807) is 6.20 Å². The average Bonchev–Trinajstić information content (AvgIpc) is 2.58. The van der Waals surface area contributed by atoms with E-state index < -0.39 is 0 Å². The molecule has 0 saturated heterocycles. The van der Waals surface area contributed by atoms with E-state index in [2.05, 4.69) is 9.97 Å². The third kappa shape index (κ3) is 0.781. The maximum absolute atomic E-state index is 10.5. The van der Waals surface area contributed by atoms with E-state index in [0.717, 1.165) is 5.69 Å². The normalized spacial score (nSPS) is 18.2. The molecule has 0 aliphatic heterocycles. The molecule has 3 heteroatoms. The Morgan fingerprint density at radius 1 is 1.56 bits per heavy atom. The zero-order chi connectivity index (χ0) is 6.27. The highest BCUT2D eigenvalue weighted by Crippen LogP contribution is 2.37. The van der Waals surface area contributed by atoms with E-state index in [1.807, 2.05) is 0 Å². The van der Waals surface area contributed by atoms with Crippen molar-refractivity contribution in [3.8, 4) is 0 Å². The highest BCUT2D eigenvalue weighted by molar-refractivity contribution is 5.09. The first-order valence-corrected chi connectivity index (χ1v) is 3.14. The van der Waals surface area contributed by atoms with Gasteiger partial charge in [-0.3, -0.25) is 0 Å². The largest absolute Gasteiger partial charge is 0.323 e. The van der Waals surface area contributed by atoms with Crippen LogP contribution in [0.4, 0.5) is 0 Å². The molecule has 3 nitrogen and oxygen atoms in total. The number of rotatable bonds is 1. The van der Waals surface area contributed by atoms with Gasteiger partial charge in [0, 0.05) is 17.8 Å². The van der Waals surface area contributed by atoms with E-state index in [1.165, 1.54) is 12.8 Å². The molecule has 48 valence electrons. The van der Waals surface area contributed by atoms with E-state index in [4.69, 9.17) is 0 Å². The predicted octanol–water partition coefficient (Wildman–Crippen LogP) is 0.580. The van der Waals surface area contributed by atoms with Crippen molar-refractivity contribution in [2.45, 2.75) is 18.8 Å². The highest BCUT2D eigenvalue weighted by Gasteiger charge is 2.24. The molecule has 0 amide bonds. The van der Waals surface area contributed by atoms with Gasteiger partial charge in [0.2, 0.25) is 0 Å². The molecule has 0 aromatic carbocycles. The van der Waals surface area contributed by atoms with Gasteiger partial charge in [-0.2, -0.15) is 0 Å². The summed E-state index contributed by atoms with van der Waals surface area (Å²) in [6.07, 6.45) is 4.22. The molecule has 0 spiro atoms. The van der Waals surface area contributed by atoms with Crippen molar-refractivity contribution in [1.29, 1.82) is 0 Å². The van der Waals surface area contributed by atoms with Gasteiger partial charge in [0.25, 0.3) is 0 Å². The first kappa shape index (κ1) is 4.85. The van der Waals surface area contributed by atoms with Crippen molar-refractivity contribution in [2.75, 3.05) is 0 Å². The summed E-state index contributed by atoms with van der Waals surface area (Å²) in [5.41, 5.74) is 0.983. The molecule has 1 fully saturated rings. The first-order valence-electron chi connectivity index (χ1n) is 3.14. The number of aromatic nitrogens is 2. The highest BCUT2D eigenvalue weighted by atomic mass is 16.1. The number of aromatic amines is 2. The SMILES string of the molecule is O=c1[nH]cc(C2CC2)[nH]1. The molecular weight excluding hydrogens is 116 g/mol. The predicted molar refractivity (Wildman–Crippen MR) is 33.4 cm³/mol. The van der Waals surface area contributed by atoms with Gasteiger partial charge >= 0.3 is 5.69 Å². The Kier molecular flexibility index (Phi) is 0.806. The Balaban J connectivity index is 2.38. The summed E-state index contributed by atoms with van der Waals surface area (Å²) in [7, 11) is 0. The second-order valence-electron chi connectivity index (χ2n) is 2.47. The zero-order valence-corrected chi connectivity index (χ0v) is 4.98. The maximum atomic E-state index is 10.5. The van der Waals surface area contributed by atoms with Crippen LogP contribution in [0, 0.1) is 0 Å². The van der Waals surface area contributed by atoms with E-state index >= 15 is 0 Å². The van der Waals surface area contributed by atoms with Crippen LogP contribution in [0.3, 0.4) is 0 Å². The lowest BCUT2D eigenvalue weighted by molar-refractivity contribution is 1.03. The fourth-order valence-corrected chi connectivity index (χ4v) is 0.961. The van der Waals surface area contributed by atoms with Crippen LogP contribution < -0.4 is 5.69 Å². The van der Waals surface area contributed by atoms with Crippen molar-refractivity contribution < 1.29 is 0 Å². The van der Waals surface area contributed by atoms with Gasteiger partial charge in [0.15, 0.2) is 0 Å². The molecule has 1 heterocycles. The molecule has 1 aromatic heterocycles. The van der Waals surface area contributed by atoms with E-state index in [0.29, 0.717) is 5.92 Å². The fraction of sp³-hybridized carbons (Fsp3) is 0.500. The van der Waals surface area contributed by atoms with Crippen molar-refractivity contribution in [1.82, 2.24) is 9.97 Å². The lowest BCUT2D eigenvalue weighted by Gasteiger charge is -1.82. The second-order valence-corrected chi connectivity index (χ2v) is 2.47. The lowest BCUT2D eigenvalue weighted by atomic mass is 10.3. The smallest absolute Gasteiger partial charge is 0.313 e. The molecule has 2 rings (SSSR count). The van der Waals surface area contributed by atoms with Crippen LogP contribution in [0.5, 0.6) is 0 Å². The molecule has 1 saturated carbocycles. The second kappa shape index (κ2) is 1.50. The molecule has 1 aliphatic carbocycles. The number of imidazole rings is 1. The maximum Gasteiger partial charge on any atom is 0.323 e. The monoisotopic (exact) mass is 124 g/mol. The van der Waals surface area contributed by atoms with Crippen LogP contribution in [0.1, 0.15) is 24.5 Å². The number of nitrogens with one attached hydrogen (secondary N) is 2. The van der Waals surface area contributed by atoms with Gasteiger partial charge in [-0.15, -0.1) is 0 Å². The fourth-order valence-electron chi connectivity index (χ4n) is 0.961. The molecule has 1 aliphatic rings. The van der Waals surface area contributed by atoms with Crippen LogP contribution >= 0.6 is 0 Å². The Bertz CT molecular complexity index is 256. The van der Waals surface area contributed by atoms with Gasteiger partial charge in [0.05, 0.1) is 0 Å². The van der Waals surface area contributed by atoms with Gasteiger partial charge in [0.1, 0.15) is 0 Å². The van der Waals surface area contributed by atoms with Gasteiger partial charge in [-0.25, -0.2) is 4.79 Å². The Morgan fingerprint density at radius 2 is 2.33 bits per heavy atom. The van der Waals surface area contributed by atoms with Crippen molar-refractivity contribution >= 4 is 0 Å². The minimum Gasteiger partial charge on any atom is -0.313 e. The summed E-state index contributed by atoms with van der Waals surface area (Å²) in [5.74, 6) is 0.643. The number of H-pyrrole nitrogens is 2. The van der Waals surface area contributed by atoms with Crippen molar-refractivity contribution in [2.24, 2.45) is 0 Å². The van der Waals surface area contributed by atoms with Crippen LogP contribution in [0.25, 0.3) is 0 Å². The molecule has 0 unspecified atom stereocenters. The van der Waals surface area contributed by atoms with E-state index in [9.17, 15) is 4.79 Å². The summed E-state index contributed by atoms with van der Waals surface area (Å²) in [6.45, 7) is 0. The van der Waals surface area contributed by atoms with E-state index in [-0.39, 0.29) is 5.69 Å². The molecule has 0 radical (unpaired) electrons.